The van der Waals surface area contributed by atoms with E-state index < -0.39 is 0 Å². The third-order valence-electron chi connectivity index (χ3n) is 2.69. The maximum absolute atomic E-state index is 5.91. The highest BCUT2D eigenvalue weighted by Gasteiger charge is 2.24. The Balaban J connectivity index is 3.99. The zero-order valence-corrected chi connectivity index (χ0v) is 9.45. The van der Waals surface area contributed by atoms with Crippen molar-refractivity contribution in [2.45, 2.75) is 46.1 Å². The van der Waals surface area contributed by atoms with Gasteiger partial charge in [0.25, 0.3) is 0 Å². The molecule has 0 amide bonds. The molecule has 0 aromatic rings. The molecule has 0 bridgehead atoms. The average Bonchev–Trinajstić information content (AvgIpc) is 2.14. The summed E-state index contributed by atoms with van der Waals surface area (Å²) in [7, 11) is 1.78. The molecule has 0 aromatic carbocycles. The van der Waals surface area contributed by atoms with Crippen molar-refractivity contribution < 1.29 is 4.74 Å². The minimum Gasteiger partial charge on any atom is -0.381 e. The Morgan fingerprint density at radius 1 is 1.42 bits per heavy atom. The normalized spacial score (nSPS) is 18.8. The van der Waals surface area contributed by atoms with Crippen LogP contribution in [0.4, 0.5) is 0 Å². The fourth-order valence-electron chi connectivity index (χ4n) is 1.24. The van der Waals surface area contributed by atoms with Crippen molar-refractivity contribution in [1.29, 1.82) is 0 Å². The van der Waals surface area contributed by atoms with Crippen LogP contribution < -0.4 is 0 Å². The highest BCUT2D eigenvalue weighted by molar-refractivity contribution is 6.18. The topological polar surface area (TPSA) is 9.23 Å². The molecule has 0 saturated heterocycles. The Morgan fingerprint density at radius 2 is 2.00 bits per heavy atom. The van der Waals surface area contributed by atoms with Gasteiger partial charge in [0.2, 0.25) is 0 Å². The van der Waals surface area contributed by atoms with Crippen LogP contribution in [-0.2, 0) is 4.74 Å². The molecule has 12 heavy (non-hydrogen) atoms. The Kier molecular flexibility index (Phi) is 5.94. The van der Waals surface area contributed by atoms with Gasteiger partial charge in [0, 0.05) is 13.0 Å². The first-order valence-corrected chi connectivity index (χ1v) is 5.24. The van der Waals surface area contributed by atoms with Gasteiger partial charge >= 0.3 is 0 Å². The van der Waals surface area contributed by atoms with Crippen LogP contribution in [0.25, 0.3) is 0 Å². The SMILES string of the molecule is CCC(CC(C)(CC)CCl)OC. The molecule has 2 unspecified atom stereocenters. The molecule has 0 radical (unpaired) electrons. The average molecular weight is 193 g/mol. The molecule has 0 heterocycles. The molecule has 0 aliphatic carbocycles. The van der Waals surface area contributed by atoms with Crippen LogP contribution in [0.1, 0.15) is 40.0 Å². The van der Waals surface area contributed by atoms with E-state index in [9.17, 15) is 0 Å². The summed E-state index contributed by atoms with van der Waals surface area (Å²) in [5.41, 5.74) is 0.248. The summed E-state index contributed by atoms with van der Waals surface area (Å²) in [6.07, 6.45) is 3.63. The zero-order valence-electron chi connectivity index (χ0n) is 8.69. The van der Waals surface area contributed by atoms with Gasteiger partial charge in [0.15, 0.2) is 0 Å². The molecule has 0 rings (SSSR count). The van der Waals surface area contributed by atoms with Gasteiger partial charge < -0.3 is 4.74 Å². The van der Waals surface area contributed by atoms with E-state index in [1.54, 1.807) is 7.11 Å². The summed E-state index contributed by atoms with van der Waals surface area (Å²) in [5.74, 6) is 0.726. The van der Waals surface area contributed by atoms with Crippen LogP contribution >= 0.6 is 11.6 Å². The number of hydrogen-bond donors (Lipinski definition) is 0. The molecule has 0 saturated carbocycles. The first-order valence-electron chi connectivity index (χ1n) is 4.70. The summed E-state index contributed by atoms with van der Waals surface area (Å²) in [4.78, 5) is 0. The van der Waals surface area contributed by atoms with Crippen molar-refractivity contribution in [2.24, 2.45) is 5.41 Å². The molecular formula is C10H21ClO. The number of hydrogen-bond acceptors (Lipinski definition) is 1. The number of ether oxygens (including phenoxy) is 1. The lowest BCUT2D eigenvalue weighted by Gasteiger charge is -2.29. The van der Waals surface area contributed by atoms with E-state index >= 15 is 0 Å². The van der Waals surface area contributed by atoms with Crippen molar-refractivity contribution in [2.75, 3.05) is 13.0 Å². The quantitative estimate of drug-likeness (QED) is 0.586. The van der Waals surface area contributed by atoms with Crippen LogP contribution in [0.3, 0.4) is 0 Å². The van der Waals surface area contributed by atoms with Crippen LogP contribution in [0.2, 0.25) is 0 Å². The Morgan fingerprint density at radius 3 is 2.25 bits per heavy atom. The predicted molar refractivity (Wildman–Crippen MR) is 54.8 cm³/mol. The maximum Gasteiger partial charge on any atom is 0.0574 e. The predicted octanol–water partition coefficient (Wildman–Crippen LogP) is 3.46. The number of methoxy groups -OCH3 is 1. The Labute approximate surface area is 81.4 Å². The third-order valence-corrected chi connectivity index (χ3v) is 3.33. The number of rotatable bonds is 6. The second-order valence-electron chi connectivity index (χ2n) is 3.77. The summed E-state index contributed by atoms with van der Waals surface area (Å²) in [6, 6.07) is 0. The monoisotopic (exact) mass is 192 g/mol. The van der Waals surface area contributed by atoms with Gasteiger partial charge in [-0.15, -0.1) is 11.6 Å². The molecule has 0 aliphatic heterocycles. The number of alkyl halides is 1. The lowest BCUT2D eigenvalue weighted by atomic mass is 9.83. The lowest BCUT2D eigenvalue weighted by molar-refractivity contribution is 0.0587. The zero-order chi connectivity index (χ0) is 9.61. The van der Waals surface area contributed by atoms with Crippen LogP contribution in [0.15, 0.2) is 0 Å². The van der Waals surface area contributed by atoms with Crippen molar-refractivity contribution in [3.8, 4) is 0 Å². The van der Waals surface area contributed by atoms with Crippen LogP contribution in [0.5, 0.6) is 0 Å². The second kappa shape index (κ2) is 5.82. The van der Waals surface area contributed by atoms with E-state index in [0.717, 1.165) is 25.1 Å². The molecular weight excluding hydrogens is 172 g/mol. The standard InChI is InChI=1S/C10H21ClO/c1-5-9(12-4)7-10(3,6-2)8-11/h9H,5-8H2,1-4H3. The summed E-state index contributed by atoms with van der Waals surface area (Å²) < 4.78 is 5.34. The fourth-order valence-corrected chi connectivity index (χ4v) is 1.54. The van der Waals surface area contributed by atoms with E-state index in [4.69, 9.17) is 16.3 Å². The molecule has 0 N–H and O–H groups in total. The van der Waals surface area contributed by atoms with Crippen LogP contribution in [-0.4, -0.2) is 19.1 Å². The molecule has 0 spiro atoms. The maximum atomic E-state index is 5.91. The van der Waals surface area contributed by atoms with E-state index in [2.05, 4.69) is 20.8 Å². The minimum absolute atomic E-state index is 0.248. The largest absolute Gasteiger partial charge is 0.381 e. The fraction of sp³-hybridized carbons (Fsp3) is 1.00. The Hall–Kier alpha value is 0.250. The Bertz CT molecular complexity index is 106. The minimum atomic E-state index is 0.248. The highest BCUT2D eigenvalue weighted by Crippen LogP contribution is 2.30. The van der Waals surface area contributed by atoms with Crippen molar-refractivity contribution in [3.05, 3.63) is 0 Å². The van der Waals surface area contributed by atoms with Crippen molar-refractivity contribution in [1.82, 2.24) is 0 Å². The van der Waals surface area contributed by atoms with Gasteiger partial charge in [-0.3, -0.25) is 0 Å². The van der Waals surface area contributed by atoms with Crippen LogP contribution in [0, 0.1) is 5.41 Å². The van der Waals surface area contributed by atoms with Gasteiger partial charge in [-0.25, -0.2) is 0 Å². The second-order valence-corrected chi connectivity index (χ2v) is 4.04. The van der Waals surface area contributed by atoms with Crippen molar-refractivity contribution >= 4 is 11.6 Å². The van der Waals surface area contributed by atoms with E-state index in [0.29, 0.717) is 6.10 Å². The van der Waals surface area contributed by atoms with Crippen molar-refractivity contribution in [3.63, 3.8) is 0 Å². The summed E-state index contributed by atoms with van der Waals surface area (Å²) in [5, 5.41) is 0. The third kappa shape index (κ3) is 3.77. The summed E-state index contributed by atoms with van der Waals surface area (Å²) >= 11 is 5.91. The molecule has 0 fully saturated rings. The number of halogens is 1. The van der Waals surface area contributed by atoms with E-state index in [1.807, 2.05) is 0 Å². The molecule has 1 nitrogen and oxygen atoms in total. The molecule has 0 aliphatic rings. The van der Waals surface area contributed by atoms with E-state index in [-0.39, 0.29) is 5.41 Å². The first kappa shape index (κ1) is 12.2. The van der Waals surface area contributed by atoms with E-state index in [1.165, 1.54) is 0 Å². The van der Waals surface area contributed by atoms with Gasteiger partial charge in [-0.1, -0.05) is 20.8 Å². The van der Waals surface area contributed by atoms with Gasteiger partial charge in [0.05, 0.1) is 6.10 Å². The molecule has 74 valence electrons. The first-order chi connectivity index (χ1) is 5.61. The molecule has 0 aromatic heterocycles. The molecule has 2 heteroatoms. The highest BCUT2D eigenvalue weighted by atomic mass is 35.5. The lowest BCUT2D eigenvalue weighted by Crippen LogP contribution is -2.25. The molecule has 2 atom stereocenters. The summed E-state index contributed by atoms with van der Waals surface area (Å²) in [6.45, 7) is 6.56. The van der Waals surface area contributed by atoms with Gasteiger partial charge in [-0.05, 0) is 24.7 Å². The smallest absolute Gasteiger partial charge is 0.0574 e. The van der Waals surface area contributed by atoms with Gasteiger partial charge in [-0.2, -0.15) is 0 Å². The van der Waals surface area contributed by atoms with Gasteiger partial charge in [0.1, 0.15) is 0 Å².